The molecule has 2 aromatic rings. The molecule has 3 rings (SSSR count). The van der Waals surface area contributed by atoms with Gasteiger partial charge in [0.2, 0.25) is 5.91 Å². The molecule has 0 radical (unpaired) electrons. The van der Waals surface area contributed by atoms with Crippen molar-refractivity contribution in [2.75, 3.05) is 18.5 Å². The summed E-state index contributed by atoms with van der Waals surface area (Å²) in [6.45, 7) is 4.79. The fourth-order valence-electron chi connectivity index (χ4n) is 3.22. The number of hydrogen-bond donors (Lipinski definition) is 1. The number of hydrogen-bond acceptors (Lipinski definition) is 5. The number of ether oxygens (including phenoxy) is 1. The molecule has 2 amide bonds. The van der Waals surface area contributed by atoms with E-state index in [2.05, 4.69) is 5.32 Å². The Labute approximate surface area is 198 Å². The molecule has 1 N–H and O–H groups in total. The highest BCUT2D eigenvalue weighted by Crippen LogP contribution is 2.32. The van der Waals surface area contributed by atoms with Crippen molar-refractivity contribution < 1.29 is 14.3 Å². The zero-order chi connectivity index (χ0) is 22.9. The second-order valence-electron chi connectivity index (χ2n) is 7.21. The highest BCUT2D eigenvalue weighted by Gasteiger charge is 2.31. The van der Waals surface area contributed by atoms with Gasteiger partial charge in [-0.2, -0.15) is 0 Å². The topological polar surface area (TPSA) is 58.6 Å². The number of rotatable bonds is 9. The summed E-state index contributed by atoms with van der Waals surface area (Å²) in [5, 5.41) is 2.88. The quantitative estimate of drug-likeness (QED) is 0.382. The Bertz CT molecular complexity index is 1050. The third-order valence-electron chi connectivity index (χ3n) is 4.67. The Morgan fingerprint density at radius 3 is 2.62 bits per heavy atom. The second-order valence-corrected chi connectivity index (χ2v) is 8.89. The van der Waals surface area contributed by atoms with Crippen molar-refractivity contribution in [2.24, 2.45) is 0 Å². The lowest BCUT2D eigenvalue weighted by Crippen LogP contribution is -2.29. The van der Waals surface area contributed by atoms with Crippen LogP contribution in [0.15, 0.2) is 71.2 Å². The highest BCUT2D eigenvalue weighted by atomic mass is 32.2. The van der Waals surface area contributed by atoms with E-state index in [1.807, 2.05) is 74.5 Å². The Kier molecular flexibility index (Phi) is 8.64. The number of nitrogens with zero attached hydrogens (tertiary/aromatic N) is 1. The molecule has 0 spiro atoms. The SMILES string of the molecule is CCOc1ccccc1NC(=O)CCCN1C(=O)/C(=C/C(C)=C/c2ccccc2)SC1=S. The van der Waals surface area contributed by atoms with Gasteiger partial charge in [0.25, 0.3) is 5.91 Å². The molecule has 1 aliphatic heterocycles. The summed E-state index contributed by atoms with van der Waals surface area (Å²) in [7, 11) is 0. The van der Waals surface area contributed by atoms with Crippen LogP contribution in [0.2, 0.25) is 0 Å². The van der Waals surface area contributed by atoms with Gasteiger partial charge in [-0.1, -0.05) is 72.5 Å². The lowest BCUT2D eigenvalue weighted by molar-refractivity contribution is -0.122. The normalized spacial score (nSPS) is 15.4. The smallest absolute Gasteiger partial charge is 0.266 e. The first-order valence-corrected chi connectivity index (χ1v) is 11.7. The third-order valence-corrected chi connectivity index (χ3v) is 6.05. The van der Waals surface area contributed by atoms with E-state index < -0.39 is 0 Å². The number of anilines is 1. The van der Waals surface area contributed by atoms with E-state index in [-0.39, 0.29) is 18.2 Å². The molecule has 1 saturated heterocycles. The van der Waals surface area contributed by atoms with Gasteiger partial charge in [0, 0.05) is 13.0 Å². The summed E-state index contributed by atoms with van der Waals surface area (Å²) in [6, 6.07) is 17.3. The van der Waals surface area contributed by atoms with Gasteiger partial charge in [-0.15, -0.1) is 0 Å². The van der Waals surface area contributed by atoms with Crippen molar-refractivity contribution in [3.05, 3.63) is 76.7 Å². The molecule has 2 aromatic carbocycles. The lowest BCUT2D eigenvalue weighted by atomic mass is 10.1. The minimum absolute atomic E-state index is 0.108. The Morgan fingerprint density at radius 1 is 1.16 bits per heavy atom. The van der Waals surface area contributed by atoms with Gasteiger partial charge in [-0.05, 0) is 49.6 Å². The van der Waals surface area contributed by atoms with Crippen LogP contribution in [0, 0.1) is 0 Å². The Hall–Kier alpha value is -2.90. The monoisotopic (exact) mass is 466 g/mol. The first-order valence-electron chi connectivity index (χ1n) is 10.5. The van der Waals surface area contributed by atoms with Crippen molar-refractivity contribution in [2.45, 2.75) is 26.7 Å². The van der Waals surface area contributed by atoms with E-state index in [0.29, 0.717) is 40.2 Å². The molecular weight excluding hydrogens is 440 g/mol. The molecule has 1 aliphatic rings. The predicted molar refractivity (Wildman–Crippen MR) is 136 cm³/mol. The lowest BCUT2D eigenvalue weighted by Gasteiger charge is -2.14. The maximum absolute atomic E-state index is 12.8. The van der Waals surface area contributed by atoms with Crippen LogP contribution < -0.4 is 10.1 Å². The molecule has 1 fully saturated rings. The summed E-state index contributed by atoms with van der Waals surface area (Å²) in [4.78, 5) is 27.3. The van der Waals surface area contributed by atoms with Crippen molar-refractivity contribution in [1.29, 1.82) is 0 Å². The van der Waals surface area contributed by atoms with Crippen molar-refractivity contribution in [3.8, 4) is 5.75 Å². The average Bonchev–Trinajstić information content (AvgIpc) is 3.03. The summed E-state index contributed by atoms with van der Waals surface area (Å²) < 4.78 is 6.06. The standard InChI is InChI=1S/C25H26N2O3S2/c1-3-30-21-13-8-7-12-20(21)26-23(28)14-9-15-27-24(29)22(32-25(27)31)17-18(2)16-19-10-5-4-6-11-19/h4-8,10-13,16-17H,3,9,14-15H2,1-2H3,(H,26,28)/b18-16+,22-17-. The summed E-state index contributed by atoms with van der Waals surface area (Å²) in [6.07, 6.45) is 4.69. The fourth-order valence-corrected chi connectivity index (χ4v) is 4.57. The minimum Gasteiger partial charge on any atom is -0.492 e. The van der Waals surface area contributed by atoms with Gasteiger partial charge in [0.05, 0.1) is 17.2 Å². The summed E-state index contributed by atoms with van der Waals surface area (Å²) in [5.41, 5.74) is 2.70. The van der Waals surface area contributed by atoms with E-state index >= 15 is 0 Å². The number of amides is 2. The second kappa shape index (κ2) is 11.6. The number of benzene rings is 2. The molecule has 0 saturated carbocycles. The van der Waals surface area contributed by atoms with Crippen LogP contribution in [0.5, 0.6) is 5.75 Å². The maximum Gasteiger partial charge on any atom is 0.266 e. The third kappa shape index (κ3) is 6.55. The van der Waals surface area contributed by atoms with Gasteiger partial charge in [-0.3, -0.25) is 14.5 Å². The van der Waals surface area contributed by atoms with Crippen LogP contribution in [-0.2, 0) is 9.59 Å². The fraction of sp³-hybridized carbons (Fsp3) is 0.240. The van der Waals surface area contributed by atoms with Crippen LogP contribution in [-0.4, -0.2) is 34.2 Å². The highest BCUT2D eigenvalue weighted by molar-refractivity contribution is 8.26. The molecule has 0 unspecified atom stereocenters. The van der Waals surface area contributed by atoms with Crippen LogP contribution in [0.3, 0.4) is 0 Å². The Balaban J connectivity index is 1.53. The number of thiocarbonyl (C=S) groups is 1. The number of carbonyl (C=O) groups is 2. The molecule has 1 heterocycles. The van der Waals surface area contributed by atoms with Crippen molar-refractivity contribution in [1.82, 2.24) is 4.90 Å². The van der Waals surface area contributed by atoms with Gasteiger partial charge in [-0.25, -0.2) is 0 Å². The average molecular weight is 467 g/mol. The van der Waals surface area contributed by atoms with Gasteiger partial charge in [0.1, 0.15) is 10.1 Å². The molecule has 166 valence electrons. The molecule has 0 atom stereocenters. The molecule has 0 aromatic heterocycles. The molecule has 32 heavy (non-hydrogen) atoms. The predicted octanol–water partition coefficient (Wildman–Crippen LogP) is 5.65. The van der Waals surface area contributed by atoms with Crippen LogP contribution in [0.4, 0.5) is 5.69 Å². The van der Waals surface area contributed by atoms with E-state index in [9.17, 15) is 9.59 Å². The number of nitrogens with one attached hydrogen (secondary N) is 1. The first kappa shape index (κ1) is 23.8. The van der Waals surface area contributed by atoms with E-state index in [1.165, 1.54) is 11.8 Å². The molecule has 0 aliphatic carbocycles. The van der Waals surface area contributed by atoms with E-state index in [0.717, 1.165) is 11.1 Å². The number of thioether (sulfide) groups is 1. The summed E-state index contributed by atoms with van der Waals surface area (Å²) >= 11 is 6.70. The van der Waals surface area contributed by atoms with Gasteiger partial charge >= 0.3 is 0 Å². The van der Waals surface area contributed by atoms with Crippen LogP contribution in [0.25, 0.3) is 6.08 Å². The largest absolute Gasteiger partial charge is 0.492 e. The molecule has 7 heteroatoms. The zero-order valence-corrected chi connectivity index (χ0v) is 19.8. The molecule has 5 nitrogen and oxygen atoms in total. The summed E-state index contributed by atoms with van der Waals surface area (Å²) in [5.74, 6) is 0.409. The van der Waals surface area contributed by atoms with Crippen molar-refractivity contribution in [3.63, 3.8) is 0 Å². The zero-order valence-electron chi connectivity index (χ0n) is 18.2. The van der Waals surface area contributed by atoms with Crippen LogP contribution >= 0.6 is 24.0 Å². The van der Waals surface area contributed by atoms with Crippen molar-refractivity contribution >= 4 is 51.9 Å². The Morgan fingerprint density at radius 2 is 1.88 bits per heavy atom. The number of allylic oxidation sites excluding steroid dienone is 2. The number of carbonyl (C=O) groups excluding carboxylic acids is 2. The van der Waals surface area contributed by atoms with Gasteiger partial charge < -0.3 is 10.1 Å². The van der Waals surface area contributed by atoms with E-state index in [1.54, 1.807) is 11.0 Å². The maximum atomic E-state index is 12.8. The van der Waals surface area contributed by atoms with E-state index in [4.69, 9.17) is 17.0 Å². The first-order chi connectivity index (χ1) is 15.5. The van der Waals surface area contributed by atoms with Crippen LogP contribution in [0.1, 0.15) is 32.3 Å². The minimum atomic E-state index is -0.125. The number of para-hydroxylation sites is 2. The molecular formula is C25H26N2O3S2. The van der Waals surface area contributed by atoms with Gasteiger partial charge in [0.15, 0.2) is 0 Å². The molecule has 0 bridgehead atoms.